The van der Waals surface area contributed by atoms with Gasteiger partial charge < -0.3 is 15.4 Å². The van der Waals surface area contributed by atoms with Crippen molar-refractivity contribution < 1.29 is 9.72 Å². The monoisotopic (exact) mass is 448 g/mol. The summed E-state index contributed by atoms with van der Waals surface area (Å²) in [6.07, 6.45) is 3.34. The van der Waals surface area contributed by atoms with E-state index in [1.165, 1.54) is 10.9 Å². The Bertz CT molecular complexity index is 726. The number of rotatable bonds is 7. The molecule has 0 spiro atoms. The van der Waals surface area contributed by atoms with E-state index < -0.39 is 4.92 Å². The number of nitrogens with zero attached hydrogens (tertiary/aromatic N) is 5. The van der Waals surface area contributed by atoms with Crippen molar-refractivity contribution in [2.75, 3.05) is 0 Å². The fourth-order valence-electron chi connectivity index (χ4n) is 1.95. The molecule has 0 aromatic carbocycles. The van der Waals surface area contributed by atoms with Crippen LogP contribution in [-0.2, 0) is 24.4 Å². The van der Waals surface area contributed by atoms with Crippen molar-refractivity contribution in [1.29, 1.82) is 0 Å². The summed E-state index contributed by atoms with van der Waals surface area (Å²) in [7, 11) is 0. The lowest BCUT2D eigenvalue weighted by Gasteiger charge is -2.07. The Morgan fingerprint density at radius 1 is 1.43 bits per heavy atom. The van der Waals surface area contributed by atoms with E-state index in [1.54, 1.807) is 10.9 Å². The van der Waals surface area contributed by atoms with Crippen LogP contribution < -0.4 is 5.32 Å². The van der Waals surface area contributed by atoms with Crippen molar-refractivity contribution in [3.8, 4) is 0 Å². The molecule has 23 heavy (non-hydrogen) atoms. The SMILES string of the molecule is CCn1ncc(Br)c1CNC(=O)CCn1cc(Br)c([N+](=O)[O-])n1. The lowest BCUT2D eigenvalue weighted by molar-refractivity contribution is -0.390. The number of halogens is 2. The molecule has 0 saturated carbocycles. The van der Waals surface area contributed by atoms with E-state index in [-0.39, 0.29) is 24.7 Å². The van der Waals surface area contributed by atoms with Gasteiger partial charge in [-0.3, -0.25) is 9.48 Å². The minimum Gasteiger partial charge on any atom is -0.358 e. The molecule has 0 atom stereocenters. The van der Waals surface area contributed by atoms with Crippen LogP contribution in [0.4, 0.5) is 5.82 Å². The summed E-state index contributed by atoms with van der Waals surface area (Å²) in [5.74, 6) is -0.434. The molecule has 0 fully saturated rings. The molecule has 0 aliphatic heterocycles. The fourth-order valence-corrected chi connectivity index (χ4v) is 2.84. The number of hydrogen-bond acceptors (Lipinski definition) is 5. The second kappa shape index (κ2) is 7.68. The third kappa shape index (κ3) is 4.38. The summed E-state index contributed by atoms with van der Waals surface area (Å²) in [5.41, 5.74) is 0.887. The van der Waals surface area contributed by atoms with Crippen molar-refractivity contribution in [3.63, 3.8) is 0 Å². The quantitative estimate of drug-likeness (QED) is 0.515. The Morgan fingerprint density at radius 3 is 2.78 bits per heavy atom. The van der Waals surface area contributed by atoms with Crippen LogP contribution in [-0.4, -0.2) is 30.4 Å². The summed E-state index contributed by atoms with van der Waals surface area (Å²) in [6, 6.07) is 0. The summed E-state index contributed by atoms with van der Waals surface area (Å²) in [5, 5.41) is 21.5. The highest BCUT2D eigenvalue weighted by Crippen LogP contribution is 2.22. The molecule has 0 radical (unpaired) electrons. The molecule has 0 bridgehead atoms. The maximum Gasteiger partial charge on any atom is 0.404 e. The average Bonchev–Trinajstić information content (AvgIpc) is 3.05. The van der Waals surface area contributed by atoms with Gasteiger partial charge in [0.15, 0.2) is 0 Å². The standard InChI is InChI=1S/C12H14Br2N6O3/c1-2-19-10(8(13)5-16-19)6-15-11(21)3-4-18-7-9(14)12(17-18)20(22)23/h5,7H,2-4,6H2,1H3,(H,15,21). The van der Waals surface area contributed by atoms with Gasteiger partial charge in [0, 0.05) is 13.0 Å². The fraction of sp³-hybridized carbons (Fsp3) is 0.417. The number of hydrogen-bond donors (Lipinski definition) is 1. The van der Waals surface area contributed by atoms with Crippen molar-refractivity contribution >= 4 is 43.6 Å². The molecule has 0 unspecified atom stereocenters. The molecule has 2 heterocycles. The zero-order chi connectivity index (χ0) is 17.0. The molecule has 0 aliphatic rings. The normalized spacial score (nSPS) is 10.7. The van der Waals surface area contributed by atoms with Gasteiger partial charge in [-0.15, -0.1) is 0 Å². The molecular formula is C12H14Br2N6O3. The van der Waals surface area contributed by atoms with E-state index in [2.05, 4.69) is 47.4 Å². The van der Waals surface area contributed by atoms with E-state index >= 15 is 0 Å². The van der Waals surface area contributed by atoms with Gasteiger partial charge in [-0.1, -0.05) is 0 Å². The van der Waals surface area contributed by atoms with E-state index in [0.717, 1.165) is 10.2 Å². The highest BCUT2D eigenvalue weighted by atomic mass is 79.9. The minimum absolute atomic E-state index is 0.170. The van der Waals surface area contributed by atoms with Gasteiger partial charge >= 0.3 is 5.82 Å². The van der Waals surface area contributed by atoms with Crippen molar-refractivity contribution in [2.45, 2.75) is 33.0 Å². The number of nitro groups is 1. The third-order valence-electron chi connectivity index (χ3n) is 3.09. The maximum atomic E-state index is 11.9. The van der Waals surface area contributed by atoms with Crippen molar-refractivity contribution in [1.82, 2.24) is 24.9 Å². The van der Waals surface area contributed by atoms with Gasteiger partial charge in [0.05, 0.1) is 40.7 Å². The summed E-state index contributed by atoms with van der Waals surface area (Å²) in [6.45, 7) is 3.29. The third-order valence-corrected chi connectivity index (χ3v) is 4.31. The summed E-state index contributed by atoms with van der Waals surface area (Å²) < 4.78 is 4.29. The highest BCUT2D eigenvalue weighted by molar-refractivity contribution is 9.10. The zero-order valence-corrected chi connectivity index (χ0v) is 15.4. The molecule has 124 valence electrons. The van der Waals surface area contributed by atoms with E-state index in [9.17, 15) is 14.9 Å². The van der Waals surface area contributed by atoms with Crippen LogP contribution in [0, 0.1) is 10.1 Å². The number of carbonyl (C=O) groups is 1. The van der Waals surface area contributed by atoms with Gasteiger partial charge in [0.1, 0.15) is 4.47 Å². The first-order valence-electron chi connectivity index (χ1n) is 6.76. The molecule has 1 amide bonds. The van der Waals surface area contributed by atoms with Crippen LogP contribution in [0.3, 0.4) is 0 Å². The minimum atomic E-state index is -0.579. The van der Waals surface area contributed by atoms with Crippen LogP contribution >= 0.6 is 31.9 Å². The zero-order valence-electron chi connectivity index (χ0n) is 12.2. The Balaban J connectivity index is 1.87. The van der Waals surface area contributed by atoms with Gasteiger partial charge in [-0.2, -0.15) is 9.78 Å². The van der Waals surface area contributed by atoms with Crippen LogP contribution in [0.25, 0.3) is 0 Å². The number of aryl methyl sites for hydroxylation is 2. The maximum absolute atomic E-state index is 11.9. The average molecular weight is 450 g/mol. The Labute approximate surface area is 148 Å². The molecule has 1 N–H and O–H groups in total. The second-order valence-corrected chi connectivity index (χ2v) is 6.31. The van der Waals surface area contributed by atoms with Gasteiger partial charge in [-0.25, -0.2) is 0 Å². The van der Waals surface area contributed by atoms with Gasteiger partial charge in [0.2, 0.25) is 5.91 Å². The van der Waals surface area contributed by atoms with Gasteiger partial charge in [-0.05, 0) is 43.7 Å². The molecule has 9 nitrogen and oxygen atoms in total. The molecule has 0 saturated heterocycles. The largest absolute Gasteiger partial charge is 0.404 e. The molecule has 2 rings (SSSR count). The van der Waals surface area contributed by atoms with E-state index in [0.29, 0.717) is 17.6 Å². The number of carbonyl (C=O) groups excluding carboxylic acids is 1. The van der Waals surface area contributed by atoms with Gasteiger partial charge in [0.25, 0.3) is 0 Å². The second-order valence-electron chi connectivity index (χ2n) is 4.60. The summed E-state index contributed by atoms with van der Waals surface area (Å²) in [4.78, 5) is 22.0. The van der Waals surface area contributed by atoms with Crippen LogP contribution in [0.15, 0.2) is 21.3 Å². The van der Waals surface area contributed by atoms with Crippen LogP contribution in [0.1, 0.15) is 19.0 Å². The van der Waals surface area contributed by atoms with Crippen LogP contribution in [0.2, 0.25) is 0 Å². The number of amides is 1. The Hall–Kier alpha value is -1.75. The number of nitrogens with one attached hydrogen (secondary N) is 1. The van der Waals surface area contributed by atoms with E-state index in [4.69, 9.17) is 0 Å². The Morgan fingerprint density at radius 2 is 2.17 bits per heavy atom. The lowest BCUT2D eigenvalue weighted by atomic mass is 10.3. The molecular weight excluding hydrogens is 436 g/mol. The smallest absolute Gasteiger partial charge is 0.358 e. The Kier molecular flexibility index (Phi) is 5.88. The number of aromatic nitrogens is 4. The first kappa shape index (κ1) is 17.6. The molecule has 2 aromatic rings. The molecule has 0 aliphatic carbocycles. The van der Waals surface area contributed by atoms with Crippen molar-refractivity contribution in [2.24, 2.45) is 0 Å². The molecule has 2 aromatic heterocycles. The predicted molar refractivity (Wildman–Crippen MR) is 88.6 cm³/mol. The topological polar surface area (TPSA) is 108 Å². The first-order chi connectivity index (χ1) is 10.9. The highest BCUT2D eigenvalue weighted by Gasteiger charge is 2.19. The predicted octanol–water partition coefficient (Wildman–Crippen LogP) is 2.24. The molecule has 11 heteroatoms. The summed E-state index contributed by atoms with van der Waals surface area (Å²) >= 11 is 6.46. The van der Waals surface area contributed by atoms with Crippen molar-refractivity contribution in [3.05, 3.63) is 37.1 Å². The van der Waals surface area contributed by atoms with E-state index in [1.807, 2.05) is 6.92 Å². The van der Waals surface area contributed by atoms with Crippen LogP contribution in [0.5, 0.6) is 0 Å². The lowest BCUT2D eigenvalue weighted by Crippen LogP contribution is -2.25. The first-order valence-corrected chi connectivity index (χ1v) is 8.35.